The van der Waals surface area contributed by atoms with Crippen molar-refractivity contribution < 1.29 is 27.9 Å². The zero-order chi connectivity index (χ0) is 16.5. The Hall–Kier alpha value is -1.15. The first-order valence-electron chi connectivity index (χ1n) is 7.54. The zero-order valence-corrected chi connectivity index (χ0v) is 13.8. The number of hydrogen-bond donors (Lipinski definition) is 1. The molecule has 126 valence electrons. The summed E-state index contributed by atoms with van der Waals surface area (Å²) in [5.74, 6) is -2.44. The van der Waals surface area contributed by atoms with Crippen LogP contribution in [-0.2, 0) is 24.3 Å². The number of carboxylic acids is 1. The Balaban J connectivity index is 2.19. The van der Waals surface area contributed by atoms with Crippen LogP contribution in [0, 0.1) is 11.3 Å². The number of nitrogens with zero attached hydrogens (tertiary/aromatic N) is 1. The highest BCUT2D eigenvalue weighted by molar-refractivity contribution is 7.89. The molecule has 0 amide bonds. The van der Waals surface area contributed by atoms with Gasteiger partial charge in [0, 0.05) is 12.6 Å². The summed E-state index contributed by atoms with van der Waals surface area (Å²) in [6.45, 7) is 1.94. The van der Waals surface area contributed by atoms with Crippen LogP contribution in [0.4, 0.5) is 0 Å². The summed E-state index contributed by atoms with van der Waals surface area (Å²) in [5.41, 5.74) is -0.955. The van der Waals surface area contributed by atoms with E-state index in [0.29, 0.717) is 32.2 Å². The summed E-state index contributed by atoms with van der Waals surface area (Å²) in [5, 5.41) is 9.21. The normalized spacial score (nSPS) is 28.6. The number of methoxy groups -OCH3 is 1. The smallest absolute Gasteiger partial charge is 0.312 e. The third kappa shape index (κ3) is 2.99. The van der Waals surface area contributed by atoms with Gasteiger partial charge in [0.1, 0.15) is 0 Å². The average molecular weight is 333 g/mol. The van der Waals surface area contributed by atoms with E-state index in [9.17, 15) is 23.1 Å². The minimum atomic E-state index is -3.70. The summed E-state index contributed by atoms with van der Waals surface area (Å²) in [6, 6.07) is -0.592. The quantitative estimate of drug-likeness (QED) is 0.748. The largest absolute Gasteiger partial charge is 0.481 e. The van der Waals surface area contributed by atoms with Crippen molar-refractivity contribution in [2.45, 2.75) is 45.1 Å². The molecule has 0 aromatic rings. The van der Waals surface area contributed by atoms with Gasteiger partial charge in [0.2, 0.25) is 10.0 Å². The minimum absolute atomic E-state index is 0.288. The van der Waals surface area contributed by atoms with Gasteiger partial charge >= 0.3 is 11.9 Å². The lowest BCUT2D eigenvalue weighted by Gasteiger charge is -2.42. The van der Waals surface area contributed by atoms with Crippen molar-refractivity contribution in [2.24, 2.45) is 11.3 Å². The second-order valence-electron chi connectivity index (χ2n) is 6.32. The van der Waals surface area contributed by atoms with E-state index in [4.69, 9.17) is 4.74 Å². The molecule has 0 aromatic carbocycles. The molecule has 1 aliphatic carbocycles. The molecule has 1 N–H and O–H groups in total. The Morgan fingerprint density at radius 2 is 1.95 bits per heavy atom. The van der Waals surface area contributed by atoms with Gasteiger partial charge < -0.3 is 9.84 Å². The van der Waals surface area contributed by atoms with Crippen LogP contribution in [0.25, 0.3) is 0 Å². The fraction of sp³-hybridized carbons (Fsp3) is 0.857. The van der Waals surface area contributed by atoms with Gasteiger partial charge in [0.15, 0.2) is 0 Å². The predicted molar refractivity (Wildman–Crippen MR) is 78.6 cm³/mol. The fourth-order valence-corrected chi connectivity index (χ4v) is 5.83. The van der Waals surface area contributed by atoms with Gasteiger partial charge in [-0.1, -0.05) is 6.42 Å². The topological polar surface area (TPSA) is 101 Å². The van der Waals surface area contributed by atoms with Crippen LogP contribution >= 0.6 is 0 Å². The van der Waals surface area contributed by atoms with Crippen molar-refractivity contribution in [2.75, 3.05) is 19.4 Å². The molecule has 0 spiro atoms. The van der Waals surface area contributed by atoms with Crippen molar-refractivity contribution in [1.29, 1.82) is 0 Å². The zero-order valence-electron chi connectivity index (χ0n) is 12.9. The monoisotopic (exact) mass is 333 g/mol. The highest BCUT2D eigenvalue weighted by atomic mass is 32.2. The van der Waals surface area contributed by atoms with Crippen LogP contribution in [0.2, 0.25) is 0 Å². The molecule has 2 atom stereocenters. The molecular weight excluding hydrogens is 310 g/mol. The maximum absolute atomic E-state index is 12.7. The number of ether oxygens (including phenoxy) is 1. The summed E-state index contributed by atoms with van der Waals surface area (Å²) in [6.07, 6.45) is 2.81. The highest BCUT2D eigenvalue weighted by Gasteiger charge is 2.51. The molecular formula is C14H23NO6S. The van der Waals surface area contributed by atoms with Gasteiger partial charge in [0.25, 0.3) is 0 Å². The summed E-state index contributed by atoms with van der Waals surface area (Å²) < 4.78 is 31.5. The molecule has 7 nitrogen and oxygen atoms in total. The molecule has 2 rings (SSSR count). The van der Waals surface area contributed by atoms with E-state index in [1.54, 1.807) is 6.92 Å². The summed E-state index contributed by atoms with van der Waals surface area (Å²) in [7, 11) is -2.44. The first-order valence-corrected chi connectivity index (χ1v) is 9.15. The first-order chi connectivity index (χ1) is 10.2. The molecule has 2 fully saturated rings. The summed E-state index contributed by atoms with van der Waals surface area (Å²) in [4.78, 5) is 23.2. The number of sulfonamides is 1. The molecule has 8 heteroatoms. The maximum atomic E-state index is 12.7. The van der Waals surface area contributed by atoms with Gasteiger partial charge in [-0.3, -0.25) is 9.59 Å². The number of aliphatic carboxylic acids is 1. The molecule has 0 radical (unpaired) electrons. The second kappa shape index (κ2) is 6.16. The van der Waals surface area contributed by atoms with Crippen molar-refractivity contribution in [3.8, 4) is 0 Å². The number of hydrogen-bond acceptors (Lipinski definition) is 5. The lowest BCUT2D eigenvalue weighted by Crippen LogP contribution is -2.54. The number of esters is 1. The van der Waals surface area contributed by atoms with Crippen LogP contribution in [0.5, 0.6) is 0 Å². The van der Waals surface area contributed by atoms with Crippen LogP contribution in [0.3, 0.4) is 0 Å². The standard InChI is InChI=1S/C14H23NO6S/c1-10-11(12(16)17)5-3-8-15(10)22(19,20)9-14(6-4-7-14)13(18)21-2/h10-11H,3-9H2,1-2H3,(H,16,17)/t10-,11-/m0/s1. The van der Waals surface area contributed by atoms with E-state index in [1.165, 1.54) is 11.4 Å². The predicted octanol–water partition coefficient (Wildman–Crippen LogP) is 0.845. The Kier molecular flexibility index (Phi) is 4.81. The Bertz CT molecular complexity index is 554. The van der Waals surface area contributed by atoms with Crippen LogP contribution in [0.1, 0.15) is 39.0 Å². The van der Waals surface area contributed by atoms with Crippen LogP contribution in [-0.4, -0.2) is 55.2 Å². The first kappa shape index (κ1) is 17.2. The third-order valence-corrected chi connectivity index (χ3v) is 7.14. The van der Waals surface area contributed by atoms with Gasteiger partial charge in [-0.2, -0.15) is 4.31 Å². The Morgan fingerprint density at radius 3 is 2.41 bits per heavy atom. The molecule has 1 aliphatic heterocycles. The number of rotatable bonds is 5. The summed E-state index contributed by atoms with van der Waals surface area (Å²) >= 11 is 0. The third-order valence-electron chi connectivity index (χ3n) is 4.99. The van der Waals surface area contributed by atoms with Gasteiger partial charge in [0.05, 0.1) is 24.2 Å². The average Bonchev–Trinajstić information content (AvgIpc) is 2.41. The number of carbonyl (C=O) groups excluding carboxylic acids is 1. The molecule has 1 heterocycles. The number of carboxylic acid groups (broad SMARTS) is 1. The van der Waals surface area contributed by atoms with Gasteiger partial charge in [-0.15, -0.1) is 0 Å². The van der Waals surface area contributed by atoms with E-state index in [0.717, 1.165) is 6.42 Å². The second-order valence-corrected chi connectivity index (χ2v) is 8.24. The Morgan fingerprint density at radius 1 is 1.32 bits per heavy atom. The van der Waals surface area contributed by atoms with Crippen LogP contribution in [0.15, 0.2) is 0 Å². The van der Waals surface area contributed by atoms with E-state index >= 15 is 0 Å². The maximum Gasteiger partial charge on any atom is 0.312 e. The van der Waals surface area contributed by atoms with Gasteiger partial charge in [-0.05, 0) is 32.6 Å². The minimum Gasteiger partial charge on any atom is -0.481 e. The molecule has 22 heavy (non-hydrogen) atoms. The lowest BCUT2D eigenvalue weighted by atomic mass is 9.70. The molecule has 0 bridgehead atoms. The van der Waals surface area contributed by atoms with Gasteiger partial charge in [-0.25, -0.2) is 8.42 Å². The molecule has 0 unspecified atom stereocenters. The number of carbonyl (C=O) groups is 2. The SMILES string of the molecule is COC(=O)C1(CS(=O)(=O)N2CCC[C@H](C(=O)O)[C@@H]2C)CCC1. The van der Waals surface area contributed by atoms with E-state index in [1.807, 2.05) is 0 Å². The van der Waals surface area contributed by atoms with Crippen molar-refractivity contribution in [1.82, 2.24) is 4.31 Å². The Labute approximate surface area is 130 Å². The highest BCUT2D eigenvalue weighted by Crippen LogP contribution is 2.44. The van der Waals surface area contributed by atoms with E-state index in [2.05, 4.69) is 0 Å². The molecule has 0 aromatic heterocycles. The fourth-order valence-electron chi connectivity index (χ4n) is 3.49. The molecule has 2 aliphatic rings. The van der Waals surface area contributed by atoms with Crippen molar-refractivity contribution >= 4 is 22.0 Å². The van der Waals surface area contributed by atoms with Crippen molar-refractivity contribution in [3.63, 3.8) is 0 Å². The number of piperidine rings is 1. The van der Waals surface area contributed by atoms with E-state index < -0.39 is 39.3 Å². The van der Waals surface area contributed by atoms with Crippen molar-refractivity contribution in [3.05, 3.63) is 0 Å². The van der Waals surface area contributed by atoms with Crippen LogP contribution < -0.4 is 0 Å². The lowest BCUT2D eigenvalue weighted by molar-refractivity contribution is -0.156. The molecule has 1 saturated carbocycles. The van der Waals surface area contributed by atoms with E-state index in [-0.39, 0.29) is 5.75 Å². The molecule has 1 saturated heterocycles.